The van der Waals surface area contributed by atoms with Gasteiger partial charge in [-0.2, -0.15) is 0 Å². The van der Waals surface area contributed by atoms with Gasteiger partial charge in [0.25, 0.3) is 0 Å². The molecule has 3 rings (SSSR count). The summed E-state index contributed by atoms with van der Waals surface area (Å²) >= 11 is 0. The van der Waals surface area contributed by atoms with Crippen molar-refractivity contribution in [3.8, 4) is 5.75 Å². The van der Waals surface area contributed by atoms with Gasteiger partial charge in [-0.25, -0.2) is 0 Å². The van der Waals surface area contributed by atoms with E-state index < -0.39 is 5.92 Å². The third-order valence-electron chi connectivity index (χ3n) is 4.54. The predicted octanol–water partition coefficient (Wildman–Crippen LogP) is 2.62. The summed E-state index contributed by atoms with van der Waals surface area (Å²) in [6.07, 6.45) is 2.42. The molecule has 0 aromatic heterocycles. The number of hydrogen-bond donors (Lipinski definition) is 0. The molecule has 1 fully saturated rings. The number of carbonyl (C=O) groups excluding carboxylic acids is 3. The molecule has 0 N–H and O–H groups in total. The maximum atomic E-state index is 12.3. The lowest BCUT2D eigenvalue weighted by molar-refractivity contribution is -0.142. The van der Waals surface area contributed by atoms with Gasteiger partial charge in [0.1, 0.15) is 11.7 Å². The summed E-state index contributed by atoms with van der Waals surface area (Å²) in [5.74, 6) is -0.843. The average molecular weight is 300 g/mol. The molecule has 1 aromatic rings. The van der Waals surface area contributed by atoms with Crippen molar-refractivity contribution in [3.05, 3.63) is 29.3 Å². The van der Waals surface area contributed by atoms with Crippen LogP contribution >= 0.6 is 0 Å². The molecule has 116 valence electrons. The first kappa shape index (κ1) is 14.9. The van der Waals surface area contributed by atoms with Crippen LogP contribution in [0.5, 0.6) is 5.75 Å². The molecular weight excluding hydrogens is 280 g/mol. The highest BCUT2D eigenvalue weighted by Gasteiger charge is 2.39. The Morgan fingerprint density at radius 1 is 1.23 bits per heavy atom. The Morgan fingerprint density at radius 2 is 1.95 bits per heavy atom. The van der Waals surface area contributed by atoms with Crippen molar-refractivity contribution in [1.82, 2.24) is 0 Å². The van der Waals surface area contributed by atoms with Crippen molar-refractivity contribution in [3.63, 3.8) is 0 Å². The number of ketones is 3. The molecule has 0 radical (unpaired) electrons. The number of fused-ring (bicyclic) bond motifs is 1. The third-order valence-corrected chi connectivity index (χ3v) is 4.54. The fourth-order valence-electron chi connectivity index (χ4n) is 3.42. The van der Waals surface area contributed by atoms with Crippen LogP contribution in [0, 0.1) is 5.92 Å². The van der Waals surface area contributed by atoms with Gasteiger partial charge in [0, 0.05) is 25.7 Å². The maximum Gasteiger partial charge on any atom is 0.151 e. The van der Waals surface area contributed by atoms with Crippen molar-refractivity contribution in [2.24, 2.45) is 5.92 Å². The fraction of sp³-hybridized carbons (Fsp3) is 0.500. The molecule has 0 spiro atoms. The molecule has 1 aromatic carbocycles. The Kier molecular flexibility index (Phi) is 4.10. The molecule has 1 heterocycles. The molecule has 1 saturated carbocycles. The second kappa shape index (κ2) is 6.03. The topological polar surface area (TPSA) is 60.4 Å². The van der Waals surface area contributed by atoms with Crippen LogP contribution in [0.15, 0.2) is 18.2 Å². The standard InChI is InChI=1S/C18H20O4/c1-2-3-14(19)18-15(20)9-13(10-16(18)21)11-4-5-17-12(8-11)6-7-22-17/h4-5,8,13,18H,2-3,6-7,9-10H2,1H3. The van der Waals surface area contributed by atoms with E-state index in [1.54, 1.807) is 0 Å². The van der Waals surface area contributed by atoms with Gasteiger partial charge in [-0.15, -0.1) is 0 Å². The third kappa shape index (κ3) is 2.70. The Morgan fingerprint density at radius 3 is 2.64 bits per heavy atom. The van der Waals surface area contributed by atoms with Gasteiger partial charge in [0.15, 0.2) is 17.3 Å². The SMILES string of the molecule is CCCC(=O)C1C(=O)CC(c2ccc3c(c2)CCO3)CC1=O. The molecule has 0 amide bonds. The summed E-state index contributed by atoms with van der Waals surface area (Å²) in [6, 6.07) is 5.90. The van der Waals surface area contributed by atoms with Gasteiger partial charge in [0.2, 0.25) is 0 Å². The van der Waals surface area contributed by atoms with E-state index in [1.165, 1.54) is 0 Å². The largest absolute Gasteiger partial charge is 0.493 e. The van der Waals surface area contributed by atoms with Gasteiger partial charge in [-0.05, 0) is 29.5 Å². The molecule has 4 heteroatoms. The van der Waals surface area contributed by atoms with Crippen molar-refractivity contribution in [2.45, 2.75) is 44.9 Å². The van der Waals surface area contributed by atoms with Crippen LogP contribution in [0.1, 0.15) is 49.7 Å². The first-order valence-corrected chi connectivity index (χ1v) is 7.94. The van der Waals surface area contributed by atoms with Gasteiger partial charge < -0.3 is 4.74 Å². The Balaban J connectivity index is 1.77. The van der Waals surface area contributed by atoms with E-state index in [-0.39, 0.29) is 36.1 Å². The summed E-state index contributed by atoms with van der Waals surface area (Å²) in [5, 5.41) is 0. The van der Waals surface area contributed by atoms with Crippen LogP contribution in [0.4, 0.5) is 0 Å². The van der Waals surface area contributed by atoms with Gasteiger partial charge >= 0.3 is 0 Å². The van der Waals surface area contributed by atoms with Crippen LogP contribution in [-0.2, 0) is 20.8 Å². The molecule has 1 aliphatic carbocycles. The summed E-state index contributed by atoms with van der Waals surface area (Å²) in [4.78, 5) is 36.5. The molecular formula is C18H20O4. The number of benzene rings is 1. The summed E-state index contributed by atoms with van der Waals surface area (Å²) < 4.78 is 5.48. The summed E-state index contributed by atoms with van der Waals surface area (Å²) in [6.45, 7) is 2.57. The number of hydrogen-bond acceptors (Lipinski definition) is 4. The van der Waals surface area contributed by atoms with Gasteiger partial charge in [-0.1, -0.05) is 19.1 Å². The van der Waals surface area contributed by atoms with Gasteiger partial charge in [-0.3, -0.25) is 14.4 Å². The van der Waals surface area contributed by atoms with Crippen molar-refractivity contribution in [2.75, 3.05) is 6.61 Å². The van der Waals surface area contributed by atoms with E-state index >= 15 is 0 Å². The molecule has 0 unspecified atom stereocenters. The maximum absolute atomic E-state index is 12.3. The smallest absolute Gasteiger partial charge is 0.151 e. The monoisotopic (exact) mass is 300 g/mol. The quantitative estimate of drug-likeness (QED) is 0.802. The number of Topliss-reactive ketones (excluding diaryl/α,β-unsaturated/α-hetero) is 3. The zero-order valence-corrected chi connectivity index (χ0v) is 12.8. The molecule has 22 heavy (non-hydrogen) atoms. The number of rotatable bonds is 4. The van der Waals surface area contributed by atoms with E-state index in [2.05, 4.69) is 0 Å². The van der Waals surface area contributed by atoms with E-state index in [1.807, 2.05) is 25.1 Å². The first-order valence-electron chi connectivity index (χ1n) is 7.94. The second-order valence-corrected chi connectivity index (χ2v) is 6.15. The zero-order chi connectivity index (χ0) is 15.7. The van der Waals surface area contributed by atoms with E-state index in [0.29, 0.717) is 19.4 Å². The van der Waals surface area contributed by atoms with Crippen LogP contribution in [0.2, 0.25) is 0 Å². The Hall–Kier alpha value is -1.97. The summed E-state index contributed by atoms with van der Waals surface area (Å²) in [5.41, 5.74) is 2.15. The second-order valence-electron chi connectivity index (χ2n) is 6.15. The minimum Gasteiger partial charge on any atom is -0.493 e. The molecule has 2 aliphatic rings. The predicted molar refractivity (Wildman–Crippen MR) is 81.0 cm³/mol. The Labute approximate surface area is 129 Å². The van der Waals surface area contributed by atoms with Crippen molar-refractivity contribution >= 4 is 17.3 Å². The molecule has 1 aliphatic heterocycles. The van der Waals surface area contributed by atoms with E-state index in [0.717, 1.165) is 23.3 Å². The summed E-state index contributed by atoms with van der Waals surface area (Å²) in [7, 11) is 0. The highest BCUT2D eigenvalue weighted by molar-refractivity contribution is 6.20. The lowest BCUT2D eigenvalue weighted by Gasteiger charge is -2.26. The van der Waals surface area contributed by atoms with Crippen LogP contribution < -0.4 is 4.74 Å². The lowest BCUT2D eigenvalue weighted by atomic mass is 9.74. The first-order chi connectivity index (χ1) is 10.6. The Bertz CT molecular complexity index is 614. The number of carbonyl (C=O) groups is 3. The highest BCUT2D eigenvalue weighted by Crippen LogP contribution is 2.36. The van der Waals surface area contributed by atoms with Gasteiger partial charge in [0.05, 0.1) is 6.61 Å². The molecule has 4 nitrogen and oxygen atoms in total. The molecule has 0 bridgehead atoms. The normalized spacial score (nSPS) is 24.0. The van der Waals surface area contributed by atoms with Crippen LogP contribution in [-0.4, -0.2) is 24.0 Å². The lowest BCUT2D eigenvalue weighted by Crippen LogP contribution is -2.38. The van der Waals surface area contributed by atoms with Crippen molar-refractivity contribution in [1.29, 1.82) is 0 Å². The highest BCUT2D eigenvalue weighted by atomic mass is 16.5. The minimum atomic E-state index is -1.01. The van der Waals surface area contributed by atoms with E-state index in [9.17, 15) is 14.4 Å². The van der Waals surface area contributed by atoms with E-state index in [4.69, 9.17) is 4.74 Å². The van der Waals surface area contributed by atoms with Crippen molar-refractivity contribution < 1.29 is 19.1 Å². The fourth-order valence-corrected chi connectivity index (χ4v) is 3.42. The molecule has 0 saturated heterocycles. The zero-order valence-electron chi connectivity index (χ0n) is 12.8. The minimum absolute atomic E-state index is 0.100. The van der Waals surface area contributed by atoms with Crippen LogP contribution in [0.3, 0.4) is 0 Å². The average Bonchev–Trinajstić information content (AvgIpc) is 2.94. The van der Waals surface area contributed by atoms with Crippen LogP contribution in [0.25, 0.3) is 0 Å². The number of ether oxygens (including phenoxy) is 1. The molecule has 0 atom stereocenters.